The molecule has 17 heavy (non-hydrogen) atoms. The highest BCUT2D eigenvalue weighted by atomic mass is 16.5. The van der Waals surface area contributed by atoms with Gasteiger partial charge in [0.2, 0.25) is 0 Å². The molecule has 2 N–H and O–H groups in total. The van der Waals surface area contributed by atoms with Crippen molar-refractivity contribution < 1.29 is 4.74 Å². The second-order valence-corrected chi connectivity index (χ2v) is 4.34. The van der Waals surface area contributed by atoms with Crippen LogP contribution in [-0.4, -0.2) is 27.2 Å². The molecule has 1 unspecified atom stereocenters. The number of hydrogen-bond donors (Lipinski definition) is 2. The second kappa shape index (κ2) is 6.62. The maximum Gasteiger partial charge on any atom is 0.124 e. The summed E-state index contributed by atoms with van der Waals surface area (Å²) in [6.07, 6.45) is 0. The molecule has 3 nitrogen and oxygen atoms in total. The first-order valence-electron chi connectivity index (χ1n) is 6.17. The van der Waals surface area contributed by atoms with Crippen LogP contribution in [0.1, 0.15) is 29.7 Å². The maximum absolute atomic E-state index is 5.39. The number of ether oxygens (including phenoxy) is 1. The molecule has 0 aromatic heterocycles. The van der Waals surface area contributed by atoms with E-state index in [1.54, 1.807) is 7.11 Å². The molecule has 0 aliphatic heterocycles. The van der Waals surface area contributed by atoms with Crippen molar-refractivity contribution >= 4 is 0 Å². The van der Waals surface area contributed by atoms with E-state index in [0.717, 1.165) is 18.8 Å². The van der Waals surface area contributed by atoms with E-state index in [1.165, 1.54) is 16.7 Å². The number of nitrogens with one attached hydrogen (secondary N) is 2. The summed E-state index contributed by atoms with van der Waals surface area (Å²) >= 11 is 0. The summed E-state index contributed by atoms with van der Waals surface area (Å²) in [6, 6.07) is 4.74. The third kappa shape index (κ3) is 3.45. The van der Waals surface area contributed by atoms with Crippen molar-refractivity contribution in [3.8, 4) is 5.75 Å². The fourth-order valence-corrected chi connectivity index (χ4v) is 2.18. The Hall–Kier alpha value is -1.06. The molecule has 0 saturated carbocycles. The van der Waals surface area contributed by atoms with Gasteiger partial charge in [-0.1, -0.05) is 19.1 Å². The van der Waals surface area contributed by atoms with E-state index in [-0.39, 0.29) is 0 Å². The van der Waals surface area contributed by atoms with Crippen LogP contribution >= 0.6 is 0 Å². The lowest BCUT2D eigenvalue weighted by molar-refractivity contribution is 0.408. The fourth-order valence-electron chi connectivity index (χ4n) is 2.18. The fraction of sp³-hybridized carbons (Fsp3) is 0.571. The molecule has 1 aromatic rings. The van der Waals surface area contributed by atoms with Crippen LogP contribution < -0.4 is 15.4 Å². The van der Waals surface area contributed by atoms with Crippen molar-refractivity contribution in [2.45, 2.75) is 26.8 Å². The van der Waals surface area contributed by atoms with Crippen LogP contribution in [0.25, 0.3) is 0 Å². The van der Waals surface area contributed by atoms with Crippen LogP contribution in [-0.2, 0) is 0 Å². The Kier molecular flexibility index (Phi) is 5.45. The smallest absolute Gasteiger partial charge is 0.124 e. The van der Waals surface area contributed by atoms with Gasteiger partial charge in [0.1, 0.15) is 5.75 Å². The molecular weight excluding hydrogens is 212 g/mol. The Bertz CT molecular complexity index is 340. The Morgan fingerprint density at radius 2 is 1.82 bits per heavy atom. The third-order valence-corrected chi connectivity index (χ3v) is 3.04. The molecule has 0 spiro atoms. The highest BCUT2D eigenvalue weighted by molar-refractivity contribution is 5.44. The Balaban J connectivity index is 2.96. The minimum absolute atomic E-state index is 0.346. The number of hydrogen-bond acceptors (Lipinski definition) is 3. The number of likely N-dealkylation sites (N-methyl/N-ethyl adjacent to an activating group) is 2. The highest BCUT2D eigenvalue weighted by Crippen LogP contribution is 2.26. The van der Waals surface area contributed by atoms with Gasteiger partial charge < -0.3 is 15.4 Å². The van der Waals surface area contributed by atoms with Crippen molar-refractivity contribution in [1.82, 2.24) is 10.6 Å². The topological polar surface area (TPSA) is 33.3 Å². The Morgan fingerprint density at radius 3 is 2.24 bits per heavy atom. The first-order valence-corrected chi connectivity index (χ1v) is 6.17. The van der Waals surface area contributed by atoms with E-state index in [0.29, 0.717) is 6.04 Å². The average molecular weight is 236 g/mol. The molecule has 1 rings (SSSR count). The lowest BCUT2D eigenvalue weighted by Crippen LogP contribution is -2.29. The molecule has 0 saturated heterocycles. The number of methoxy groups -OCH3 is 1. The van der Waals surface area contributed by atoms with Gasteiger partial charge in [-0.2, -0.15) is 0 Å². The standard InChI is InChI=1S/C14H24N2O/c1-6-16-9-13(15-4)12-7-10(2)14(17-5)11(3)8-12/h7-8,13,15-16H,6,9H2,1-5H3. The van der Waals surface area contributed by atoms with Crippen molar-refractivity contribution in [2.75, 3.05) is 27.2 Å². The zero-order valence-corrected chi connectivity index (χ0v) is 11.6. The van der Waals surface area contributed by atoms with E-state index < -0.39 is 0 Å². The SMILES string of the molecule is CCNCC(NC)c1cc(C)c(OC)c(C)c1. The molecule has 96 valence electrons. The maximum atomic E-state index is 5.39. The van der Waals surface area contributed by atoms with Gasteiger partial charge in [0.15, 0.2) is 0 Å². The summed E-state index contributed by atoms with van der Waals surface area (Å²) in [4.78, 5) is 0. The second-order valence-electron chi connectivity index (χ2n) is 4.34. The summed E-state index contributed by atoms with van der Waals surface area (Å²) in [7, 11) is 3.72. The molecule has 0 fully saturated rings. The van der Waals surface area contributed by atoms with E-state index in [4.69, 9.17) is 4.74 Å². The molecule has 0 aliphatic carbocycles. The summed E-state index contributed by atoms with van der Waals surface area (Å²) < 4.78 is 5.39. The average Bonchev–Trinajstić information content (AvgIpc) is 2.30. The quantitative estimate of drug-likeness (QED) is 0.794. The molecule has 1 atom stereocenters. The Morgan fingerprint density at radius 1 is 1.24 bits per heavy atom. The molecule has 0 heterocycles. The number of aryl methyl sites for hydroxylation is 2. The van der Waals surface area contributed by atoms with Crippen molar-refractivity contribution in [3.05, 3.63) is 28.8 Å². The molecule has 0 bridgehead atoms. The lowest BCUT2D eigenvalue weighted by Gasteiger charge is -2.19. The van der Waals surface area contributed by atoms with Crippen LogP contribution in [0.2, 0.25) is 0 Å². The van der Waals surface area contributed by atoms with Crippen LogP contribution in [0.3, 0.4) is 0 Å². The van der Waals surface area contributed by atoms with Gasteiger partial charge in [-0.25, -0.2) is 0 Å². The van der Waals surface area contributed by atoms with Crippen LogP contribution in [0.15, 0.2) is 12.1 Å². The minimum atomic E-state index is 0.346. The molecule has 0 radical (unpaired) electrons. The zero-order valence-electron chi connectivity index (χ0n) is 11.6. The van der Waals surface area contributed by atoms with Crippen molar-refractivity contribution in [3.63, 3.8) is 0 Å². The van der Waals surface area contributed by atoms with Gasteiger partial charge in [0.25, 0.3) is 0 Å². The first-order chi connectivity index (χ1) is 8.13. The Labute approximate surface area is 105 Å². The predicted octanol–water partition coefficient (Wildman–Crippen LogP) is 2.18. The van der Waals surface area contributed by atoms with Gasteiger partial charge in [-0.15, -0.1) is 0 Å². The van der Waals surface area contributed by atoms with E-state index in [9.17, 15) is 0 Å². The summed E-state index contributed by atoms with van der Waals surface area (Å²) in [5.74, 6) is 0.993. The normalized spacial score (nSPS) is 12.5. The summed E-state index contributed by atoms with van der Waals surface area (Å²) in [5, 5.41) is 6.71. The molecule has 0 amide bonds. The van der Waals surface area contributed by atoms with Gasteiger partial charge >= 0.3 is 0 Å². The highest BCUT2D eigenvalue weighted by Gasteiger charge is 2.12. The third-order valence-electron chi connectivity index (χ3n) is 3.04. The van der Waals surface area contributed by atoms with E-state index in [1.807, 2.05) is 7.05 Å². The molecule has 0 aliphatic rings. The predicted molar refractivity (Wildman–Crippen MR) is 72.8 cm³/mol. The first kappa shape index (κ1) is 14.0. The van der Waals surface area contributed by atoms with E-state index >= 15 is 0 Å². The number of benzene rings is 1. The summed E-state index contributed by atoms with van der Waals surface area (Å²) in [6.45, 7) is 8.24. The molecule has 3 heteroatoms. The van der Waals surface area contributed by atoms with E-state index in [2.05, 4.69) is 43.5 Å². The molecular formula is C14H24N2O. The van der Waals surface area contributed by atoms with Crippen molar-refractivity contribution in [2.24, 2.45) is 0 Å². The number of rotatable bonds is 6. The monoisotopic (exact) mass is 236 g/mol. The van der Waals surface area contributed by atoms with Crippen LogP contribution in [0.4, 0.5) is 0 Å². The lowest BCUT2D eigenvalue weighted by atomic mass is 10.00. The minimum Gasteiger partial charge on any atom is -0.496 e. The van der Waals surface area contributed by atoms with Gasteiger partial charge in [0.05, 0.1) is 7.11 Å². The molecule has 1 aromatic carbocycles. The van der Waals surface area contributed by atoms with Gasteiger partial charge in [-0.05, 0) is 44.1 Å². The van der Waals surface area contributed by atoms with Gasteiger partial charge in [-0.3, -0.25) is 0 Å². The summed E-state index contributed by atoms with van der Waals surface area (Å²) in [5.41, 5.74) is 3.70. The largest absolute Gasteiger partial charge is 0.496 e. The van der Waals surface area contributed by atoms with Gasteiger partial charge in [0, 0.05) is 12.6 Å². The van der Waals surface area contributed by atoms with Crippen LogP contribution in [0, 0.1) is 13.8 Å². The van der Waals surface area contributed by atoms with Crippen molar-refractivity contribution in [1.29, 1.82) is 0 Å². The zero-order chi connectivity index (χ0) is 12.8. The van der Waals surface area contributed by atoms with Crippen LogP contribution in [0.5, 0.6) is 5.75 Å².